The second kappa shape index (κ2) is 4.58. The molecule has 0 atom stereocenters. The van der Waals surface area contributed by atoms with Gasteiger partial charge in [-0.1, -0.05) is 19.1 Å². The van der Waals surface area contributed by atoms with Crippen LogP contribution < -0.4 is 5.73 Å². The maximum Gasteiger partial charge on any atom is 0.237 e. The lowest BCUT2D eigenvalue weighted by atomic mass is 10.2. The molecule has 2 rings (SSSR count). The zero-order valence-corrected chi connectivity index (χ0v) is 10.5. The molecular weight excluding hydrogens is 250 g/mol. The Bertz CT molecular complexity index is 721. The number of H-pyrrole nitrogens is 1. The summed E-state index contributed by atoms with van der Waals surface area (Å²) in [7, 11) is 0. The number of hydrogen-bond donors (Lipinski definition) is 2. The number of fused-ring (bicyclic) bond motifs is 1. The van der Waals surface area contributed by atoms with Crippen molar-refractivity contribution in [3.05, 3.63) is 22.2 Å². The molecule has 2 heterocycles. The fourth-order valence-electron chi connectivity index (χ4n) is 2.07. The first kappa shape index (κ1) is 12.3. The van der Waals surface area contributed by atoms with Crippen LogP contribution in [0, 0.1) is 16.0 Å². The van der Waals surface area contributed by atoms with Crippen LogP contribution in [0.1, 0.15) is 18.2 Å². The second-order valence-electron chi connectivity index (χ2n) is 3.77. The maximum absolute atomic E-state index is 11.1. The van der Waals surface area contributed by atoms with Crippen LogP contribution >= 0.6 is 12.2 Å². The van der Waals surface area contributed by atoms with E-state index in [9.17, 15) is 10.1 Å². The number of carbonyl (C=O) groups excluding carboxylic acids is 1. The van der Waals surface area contributed by atoms with Gasteiger partial charge in [-0.2, -0.15) is 5.26 Å². The Hall–Kier alpha value is -2.20. The molecule has 0 unspecified atom stereocenters. The van der Waals surface area contributed by atoms with E-state index in [1.165, 1.54) is 6.33 Å². The van der Waals surface area contributed by atoms with Crippen molar-refractivity contribution in [1.29, 1.82) is 5.26 Å². The number of aromatic amines is 1. The summed E-state index contributed by atoms with van der Waals surface area (Å²) in [6.45, 7) is 1.90. The van der Waals surface area contributed by atoms with Crippen LogP contribution in [0.2, 0.25) is 0 Å². The zero-order chi connectivity index (χ0) is 13.3. The van der Waals surface area contributed by atoms with Crippen molar-refractivity contribution in [2.75, 3.05) is 0 Å². The second-order valence-corrected chi connectivity index (χ2v) is 4.16. The maximum atomic E-state index is 11.1. The van der Waals surface area contributed by atoms with Gasteiger partial charge in [0.15, 0.2) is 4.64 Å². The highest BCUT2D eigenvalue weighted by Gasteiger charge is 2.18. The summed E-state index contributed by atoms with van der Waals surface area (Å²) in [5.74, 6) is -0.482. The van der Waals surface area contributed by atoms with Crippen molar-refractivity contribution >= 4 is 29.2 Å². The number of nitriles is 1. The molecule has 92 valence electrons. The Morgan fingerprint density at radius 1 is 1.72 bits per heavy atom. The topological polar surface area (TPSA) is 100 Å². The molecule has 2 aromatic heterocycles. The first-order chi connectivity index (χ1) is 8.60. The van der Waals surface area contributed by atoms with Crippen LogP contribution in [0.4, 0.5) is 0 Å². The lowest BCUT2D eigenvalue weighted by Gasteiger charge is -2.06. The minimum Gasteiger partial charge on any atom is -0.368 e. The third kappa shape index (κ3) is 1.76. The van der Waals surface area contributed by atoms with Gasteiger partial charge >= 0.3 is 0 Å². The first-order valence-corrected chi connectivity index (χ1v) is 5.78. The van der Waals surface area contributed by atoms with E-state index in [0.717, 1.165) is 5.69 Å². The first-order valence-electron chi connectivity index (χ1n) is 5.37. The fourth-order valence-corrected chi connectivity index (χ4v) is 2.33. The molecule has 0 aliphatic carbocycles. The quantitative estimate of drug-likeness (QED) is 0.805. The van der Waals surface area contributed by atoms with Gasteiger partial charge in [0.1, 0.15) is 18.1 Å². The predicted octanol–water partition coefficient (Wildman–Crippen LogP) is 1.01. The van der Waals surface area contributed by atoms with Crippen LogP contribution in [0.25, 0.3) is 11.0 Å². The number of primary amides is 1. The molecule has 6 nitrogen and oxygen atoms in total. The van der Waals surface area contributed by atoms with Crippen molar-refractivity contribution in [3.8, 4) is 6.07 Å². The van der Waals surface area contributed by atoms with Crippen LogP contribution in [-0.2, 0) is 17.8 Å². The number of rotatable bonds is 3. The Morgan fingerprint density at radius 3 is 3.00 bits per heavy atom. The normalized spacial score (nSPS) is 10.4. The van der Waals surface area contributed by atoms with Gasteiger partial charge in [0, 0.05) is 5.69 Å². The van der Waals surface area contributed by atoms with Crippen molar-refractivity contribution in [3.63, 3.8) is 0 Å². The summed E-state index contributed by atoms with van der Waals surface area (Å²) in [4.78, 5) is 18.0. The molecular formula is C11H11N5OS. The zero-order valence-electron chi connectivity index (χ0n) is 9.73. The van der Waals surface area contributed by atoms with Gasteiger partial charge in [-0.25, -0.2) is 4.98 Å². The number of hydrogen-bond acceptors (Lipinski definition) is 4. The van der Waals surface area contributed by atoms with E-state index in [0.29, 0.717) is 27.7 Å². The third-order valence-electron chi connectivity index (χ3n) is 2.73. The Morgan fingerprint density at radius 2 is 2.44 bits per heavy atom. The van der Waals surface area contributed by atoms with E-state index >= 15 is 0 Å². The molecule has 3 N–H and O–H groups in total. The lowest BCUT2D eigenvalue weighted by Crippen LogP contribution is -2.20. The largest absolute Gasteiger partial charge is 0.368 e. The third-order valence-corrected chi connectivity index (χ3v) is 3.02. The minimum atomic E-state index is -0.482. The SMILES string of the molecule is CCc1c(C#N)c2[nH]cnc(=S)c2n1CC(N)=O. The highest BCUT2D eigenvalue weighted by atomic mass is 32.1. The van der Waals surface area contributed by atoms with Crippen molar-refractivity contribution in [2.24, 2.45) is 5.73 Å². The number of aromatic nitrogens is 3. The van der Waals surface area contributed by atoms with Crippen LogP contribution in [0.3, 0.4) is 0 Å². The molecule has 1 amide bonds. The number of nitrogens with two attached hydrogens (primary N) is 1. The monoisotopic (exact) mass is 261 g/mol. The van der Waals surface area contributed by atoms with E-state index in [4.69, 9.17) is 18.0 Å². The van der Waals surface area contributed by atoms with Crippen molar-refractivity contribution in [2.45, 2.75) is 19.9 Å². The smallest absolute Gasteiger partial charge is 0.237 e. The Balaban J connectivity index is 2.93. The van der Waals surface area contributed by atoms with E-state index in [2.05, 4.69) is 16.0 Å². The highest BCUT2D eigenvalue weighted by molar-refractivity contribution is 7.71. The molecule has 0 radical (unpaired) electrons. The van der Waals surface area contributed by atoms with Gasteiger partial charge < -0.3 is 15.3 Å². The van der Waals surface area contributed by atoms with E-state index < -0.39 is 5.91 Å². The van der Waals surface area contributed by atoms with Gasteiger partial charge in [-0.15, -0.1) is 0 Å². The summed E-state index contributed by atoms with van der Waals surface area (Å²) in [5, 5.41) is 9.23. The van der Waals surface area contributed by atoms with Gasteiger partial charge in [0.2, 0.25) is 5.91 Å². The van der Waals surface area contributed by atoms with Crippen molar-refractivity contribution < 1.29 is 4.79 Å². The highest BCUT2D eigenvalue weighted by Crippen LogP contribution is 2.24. The molecule has 18 heavy (non-hydrogen) atoms. The van der Waals surface area contributed by atoms with E-state index in [-0.39, 0.29) is 6.54 Å². The molecule has 0 aliphatic heterocycles. The van der Waals surface area contributed by atoms with E-state index in [1.54, 1.807) is 4.57 Å². The Kier molecular flexibility index (Phi) is 3.12. The molecule has 0 aromatic carbocycles. The van der Waals surface area contributed by atoms with Gasteiger partial charge in [-0.3, -0.25) is 4.79 Å². The number of nitrogens with zero attached hydrogens (tertiary/aromatic N) is 3. The molecule has 0 aliphatic rings. The van der Waals surface area contributed by atoms with Crippen LogP contribution in [-0.4, -0.2) is 20.4 Å². The molecule has 7 heteroatoms. The Labute approximate surface area is 108 Å². The van der Waals surface area contributed by atoms with Gasteiger partial charge in [0.05, 0.1) is 17.4 Å². The summed E-state index contributed by atoms with van der Waals surface area (Å²) in [6, 6.07) is 2.13. The number of nitrogens with one attached hydrogen (secondary N) is 1. The number of carbonyl (C=O) groups is 1. The van der Waals surface area contributed by atoms with E-state index in [1.807, 2.05) is 6.92 Å². The fraction of sp³-hybridized carbons (Fsp3) is 0.273. The standard InChI is InChI=1S/C11H11N5OS/c1-2-7-6(3-12)9-10(11(18)15-5-14-9)16(7)4-8(13)17/h5H,2,4H2,1H3,(H2,13,17)(H,14,15,18). The van der Waals surface area contributed by atoms with Crippen LogP contribution in [0.15, 0.2) is 6.33 Å². The summed E-state index contributed by atoms with van der Waals surface area (Å²) >= 11 is 5.15. The molecule has 2 aromatic rings. The summed E-state index contributed by atoms with van der Waals surface area (Å²) in [6.07, 6.45) is 2.05. The van der Waals surface area contributed by atoms with Gasteiger partial charge in [-0.05, 0) is 6.42 Å². The molecule has 0 bridgehead atoms. The molecule has 0 saturated heterocycles. The summed E-state index contributed by atoms with van der Waals surface area (Å²) in [5.41, 5.74) is 7.65. The minimum absolute atomic E-state index is 0.00940. The lowest BCUT2D eigenvalue weighted by molar-refractivity contribution is -0.118. The van der Waals surface area contributed by atoms with Crippen LogP contribution in [0.5, 0.6) is 0 Å². The summed E-state index contributed by atoms with van der Waals surface area (Å²) < 4.78 is 2.02. The molecule has 0 spiro atoms. The predicted molar refractivity (Wildman–Crippen MR) is 68.2 cm³/mol. The van der Waals surface area contributed by atoms with Crippen molar-refractivity contribution in [1.82, 2.24) is 14.5 Å². The van der Waals surface area contributed by atoms with Gasteiger partial charge in [0.25, 0.3) is 0 Å². The molecule has 0 fully saturated rings. The average molecular weight is 261 g/mol. The average Bonchev–Trinajstić information content (AvgIpc) is 2.63. The molecule has 0 saturated carbocycles. The number of amides is 1.